The van der Waals surface area contributed by atoms with Crippen LogP contribution in [0.1, 0.15) is 34.5 Å². The molecule has 1 aliphatic rings. The smallest absolute Gasteiger partial charge is 0.337 e. The predicted octanol–water partition coefficient (Wildman–Crippen LogP) is 3.26. The van der Waals surface area contributed by atoms with E-state index < -0.39 is 0 Å². The van der Waals surface area contributed by atoms with Gasteiger partial charge in [-0.15, -0.1) is 0 Å². The number of carbonyl (C=O) groups excluding carboxylic acids is 2. The lowest BCUT2D eigenvalue weighted by atomic mass is 9.96. The lowest BCUT2D eigenvalue weighted by Gasteiger charge is -2.31. The molecule has 1 aliphatic heterocycles. The molecule has 0 bridgehead atoms. The SMILES string of the molecule is COC(=O)c1ccc(CNC(=O)C2CCN(c3nc(C)c4ccccc4n3)CC2)cc1. The molecule has 1 saturated heterocycles. The third-order valence-corrected chi connectivity index (χ3v) is 5.77. The monoisotopic (exact) mass is 418 g/mol. The first-order valence-corrected chi connectivity index (χ1v) is 10.5. The summed E-state index contributed by atoms with van der Waals surface area (Å²) in [6.07, 6.45) is 1.53. The van der Waals surface area contributed by atoms with E-state index in [0.29, 0.717) is 12.1 Å². The number of para-hydroxylation sites is 1. The number of piperidine rings is 1. The molecule has 2 heterocycles. The van der Waals surface area contributed by atoms with Gasteiger partial charge in [0, 0.05) is 30.9 Å². The standard InChI is InChI=1S/C24H26N4O3/c1-16-20-5-3-4-6-21(20)27-24(26-16)28-13-11-18(12-14-28)22(29)25-15-17-7-9-19(10-8-17)23(30)31-2/h3-10,18H,11-15H2,1-2H3,(H,25,29). The van der Waals surface area contributed by atoms with Gasteiger partial charge >= 0.3 is 5.97 Å². The van der Waals surface area contributed by atoms with Crippen molar-refractivity contribution >= 4 is 28.7 Å². The maximum atomic E-state index is 12.6. The normalized spacial score (nSPS) is 14.5. The van der Waals surface area contributed by atoms with Crippen LogP contribution in [0.3, 0.4) is 0 Å². The molecule has 0 aliphatic carbocycles. The second-order valence-electron chi connectivity index (χ2n) is 7.79. The van der Waals surface area contributed by atoms with Gasteiger partial charge in [-0.3, -0.25) is 4.79 Å². The van der Waals surface area contributed by atoms with E-state index in [4.69, 9.17) is 9.72 Å². The Labute approximate surface area is 181 Å². The van der Waals surface area contributed by atoms with Crippen LogP contribution in [0.2, 0.25) is 0 Å². The third kappa shape index (κ3) is 4.66. The molecule has 1 fully saturated rings. The first kappa shape index (κ1) is 20.8. The highest BCUT2D eigenvalue weighted by molar-refractivity contribution is 5.89. The molecule has 0 unspecified atom stereocenters. The summed E-state index contributed by atoms with van der Waals surface area (Å²) in [5.41, 5.74) is 3.36. The quantitative estimate of drug-likeness (QED) is 0.641. The molecule has 4 rings (SSSR count). The van der Waals surface area contributed by atoms with Gasteiger partial charge in [0.25, 0.3) is 0 Å². The summed E-state index contributed by atoms with van der Waals surface area (Å²) >= 11 is 0. The minimum atomic E-state index is -0.368. The summed E-state index contributed by atoms with van der Waals surface area (Å²) in [6, 6.07) is 15.1. The number of rotatable bonds is 5. The Kier molecular flexibility index (Phi) is 6.11. The summed E-state index contributed by atoms with van der Waals surface area (Å²) in [5, 5.41) is 4.08. The Bertz CT molecular complexity index is 1090. The molecule has 0 spiro atoms. The first-order chi connectivity index (χ1) is 15.0. The van der Waals surface area contributed by atoms with Crippen molar-refractivity contribution in [2.45, 2.75) is 26.3 Å². The summed E-state index contributed by atoms with van der Waals surface area (Å²) in [6.45, 7) is 3.95. The summed E-state index contributed by atoms with van der Waals surface area (Å²) in [7, 11) is 1.36. The van der Waals surface area contributed by atoms with Gasteiger partial charge in [-0.1, -0.05) is 30.3 Å². The van der Waals surface area contributed by atoms with Crippen LogP contribution >= 0.6 is 0 Å². The van der Waals surface area contributed by atoms with Crippen molar-refractivity contribution in [2.75, 3.05) is 25.1 Å². The molecule has 7 nitrogen and oxygen atoms in total. The van der Waals surface area contributed by atoms with E-state index in [0.717, 1.165) is 54.0 Å². The number of amides is 1. The van der Waals surface area contributed by atoms with E-state index in [-0.39, 0.29) is 17.8 Å². The van der Waals surface area contributed by atoms with Gasteiger partial charge < -0.3 is 15.0 Å². The van der Waals surface area contributed by atoms with Crippen LogP contribution in [0.15, 0.2) is 48.5 Å². The zero-order valence-electron chi connectivity index (χ0n) is 17.8. The van der Waals surface area contributed by atoms with E-state index in [1.165, 1.54) is 7.11 Å². The number of ether oxygens (including phenoxy) is 1. The van der Waals surface area contributed by atoms with Gasteiger partial charge in [0.15, 0.2) is 0 Å². The van der Waals surface area contributed by atoms with E-state index in [1.54, 1.807) is 12.1 Å². The molecule has 31 heavy (non-hydrogen) atoms. The van der Waals surface area contributed by atoms with Crippen LogP contribution in [0.4, 0.5) is 5.95 Å². The number of fused-ring (bicyclic) bond motifs is 1. The second kappa shape index (κ2) is 9.12. The van der Waals surface area contributed by atoms with E-state index in [9.17, 15) is 9.59 Å². The number of hydrogen-bond acceptors (Lipinski definition) is 6. The number of methoxy groups -OCH3 is 1. The van der Waals surface area contributed by atoms with Crippen LogP contribution in [0.25, 0.3) is 10.9 Å². The van der Waals surface area contributed by atoms with Crippen LogP contribution < -0.4 is 10.2 Å². The fourth-order valence-electron chi connectivity index (χ4n) is 3.91. The van der Waals surface area contributed by atoms with Crippen LogP contribution in [-0.2, 0) is 16.1 Å². The Hall–Kier alpha value is -3.48. The summed E-state index contributed by atoms with van der Waals surface area (Å²) in [5.74, 6) is 0.410. The Morgan fingerprint density at radius 1 is 1.06 bits per heavy atom. The minimum Gasteiger partial charge on any atom is -0.465 e. The molecule has 0 radical (unpaired) electrons. The number of carbonyl (C=O) groups is 2. The Balaban J connectivity index is 1.31. The molecule has 160 valence electrons. The van der Waals surface area contributed by atoms with Crippen LogP contribution in [0.5, 0.6) is 0 Å². The van der Waals surface area contributed by atoms with Crippen molar-refractivity contribution in [3.05, 3.63) is 65.4 Å². The minimum absolute atomic E-state index is 0.0212. The Morgan fingerprint density at radius 3 is 2.48 bits per heavy atom. The van der Waals surface area contributed by atoms with Gasteiger partial charge in [-0.05, 0) is 43.5 Å². The molecule has 0 atom stereocenters. The summed E-state index contributed by atoms with van der Waals surface area (Å²) in [4.78, 5) is 35.7. The lowest BCUT2D eigenvalue weighted by molar-refractivity contribution is -0.125. The molecule has 1 aromatic heterocycles. The van der Waals surface area contributed by atoms with E-state index in [2.05, 4.69) is 15.2 Å². The topological polar surface area (TPSA) is 84.4 Å². The van der Waals surface area contributed by atoms with Gasteiger partial charge in [0.05, 0.1) is 23.9 Å². The molecular formula is C24H26N4O3. The molecule has 1 N–H and O–H groups in total. The maximum Gasteiger partial charge on any atom is 0.337 e. The van der Waals surface area contributed by atoms with Crippen molar-refractivity contribution in [3.8, 4) is 0 Å². The van der Waals surface area contributed by atoms with Crippen molar-refractivity contribution in [1.29, 1.82) is 0 Å². The number of aryl methyl sites for hydroxylation is 1. The number of nitrogens with one attached hydrogen (secondary N) is 1. The van der Waals surface area contributed by atoms with Crippen LogP contribution in [-0.4, -0.2) is 42.0 Å². The molecule has 0 saturated carbocycles. The molecule has 2 aromatic carbocycles. The molecule has 1 amide bonds. The van der Waals surface area contributed by atoms with Gasteiger partial charge in [-0.2, -0.15) is 0 Å². The average molecular weight is 418 g/mol. The molecule has 7 heteroatoms. The maximum absolute atomic E-state index is 12.6. The van der Waals surface area contributed by atoms with Gasteiger partial charge in [0.1, 0.15) is 0 Å². The fourth-order valence-corrected chi connectivity index (χ4v) is 3.91. The number of esters is 1. The lowest BCUT2D eigenvalue weighted by Crippen LogP contribution is -2.41. The summed E-state index contributed by atoms with van der Waals surface area (Å²) < 4.78 is 4.70. The van der Waals surface area contributed by atoms with Crippen molar-refractivity contribution in [2.24, 2.45) is 5.92 Å². The predicted molar refractivity (Wildman–Crippen MR) is 119 cm³/mol. The average Bonchev–Trinajstić information content (AvgIpc) is 2.82. The van der Waals surface area contributed by atoms with Crippen molar-refractivity contribution in [1.82, 2.24) is 15.3 Å². The van der Waals surface area contributed by atoms with Gasteiger partial charge in [-0.25, -0.2) is 14.8 Å². The Morgan fingerprint density at radius 2 is 1.77 bits per heavy atom. The number of anilines is 1. The highest BCUT2D eigenvalue weighted by Gasteiger charge is 2.26. The number of nitrogens with zero attached hydrogens (tertiary/aromatic N) is 3. The largest absolute Gasteiger partial charge is 0.465 e. The highest BCUT2D eigenvalue weighted by Crippen LogP contribution is 2.24. The zero-order chi connectivity index (χ0) is 21.8. The highest BCUT2D eigenvalue weighted by atomic mass is 16.5. The van der Waals surface area contributed by atoms with Crippen molar-refractivity contribution in [3.63, 3.8) is 0 Å². The van der Waals surface area contributed by atoms with E-state index in [1.807, 2.05) is 43.3 Å². The second-order valence-corrected chi connectivity index (χ2v) is 7.79. The number of hydrogen-bond donors (Lipinski definition) is 1. The first-order valence-electron chi connectivity index (χ1n) is 10.5. The number of aromatic nitrogens is 2. The fraction of sp³-hybridized carbons (Fsp3) is 0.333. The number of benzene rings is 2. The third-order valence-electron chi connectivity index (χ3n) is 5.77. The van der Waals surface area contributed by atoms with Gasteiger partial charge in [0.2, 0.25) is 11.9 Å². The van der Waals surface area contributed by atoms with Crippen molar-refractivity contribution < 1.29 is 14.3 Å². The van der Waals surface area contributed by atoms with E-state index >= 15 is 0 Å². The molecule has 3 aromatic rings. The molecular weight excluding hydrogens is 392 g/mol. The zero-order valence-corrected chi connectivity index (χ0v) is 17.8. The van der Waals surface area contributed by atoms with Crippen LogP contribution in [0, 0.1) is 12.8 Å².